The van der Waals surface area contributed by atoms with Crippen molar-refractivity contribution >= 4 is 28.6 Å². The van der Waals surface area contributed by atoms with E-state index < -0.39 is 0 Å². The number of ether oxygens (including phenoxy) is 1. The molecule has 1 aliphatic rings. The minimum absolute atomic E-state index is 0.0539. The minimum atomic E-state index is -0.268. The maximum absolute atomic E-state index is 13.1. The Morgan fingerprint density at radius 3 is 2.84 bits per heavy atom. The van der Waals surface area contributed by atoms with E-state index in [1.165, 1.54) is 5.56 Å². The Balaban J connectivity index is 1.59. The SMILES string of the molecule is [C-]#[N+]c1cc2c3c(c1)nc(NC(=O)c1cc(C)nn1CC)n3[C@@H](Cc1ccccc1)CO2. The number of carbonyl (C=O) groups is 1. The van der Waals surface area contributed by atoms with Gasteiger partial charge in [-0.25, -0.2) is 9.83 Å². The van der Waals surface area contributed by atoms with Gasteiger partial charge in [-0.3, -0.25) is 14.8 Å². The second-order valence-electron chi connectivity index (χ2n) is 7.82. The van der Waals surface area contributed by atoms with Gasteiger partial charge < -0.3 is 9.30 Å². The number of imidazole rings is 1. The van der Waals surface area contributed by atoms with Crippen LogP contribution in [-0.2, 0) is 13.0 Å². The van der Waals surface area contributed by atoms with Gasteiger partial charge in [-0.05, 0) is 44.0 Å². The molecule has 4 aromatic rings. The largest absolute Gasteiger partial charge is 0.490 e. The van der Waals surface area contributed by atoms with Crippen molar-refractivity contribution in [2.75, 3.05) is 11.9 Å². The molecule has 5 rings (SSSR count). The number of rotatable bonds is 5. The molecule has 0 unspecified atom stereocenters. The second kappa shape index (κ2) is 7.85. The lowest BCUT2D eigenvalue weighted by molar-refractivity contribution is 0.101. The number of amides is 1. The van der Waals surface area contributed by atoms with Crippen LogP contribution in [0.15, 0.2) is 48.5 Å². The quantitative estimate of drug-likeness (QED) is 0.475. The molecule has 160 valence electrons. The molecule has 1 aliphatic heterocycles. The summed E-state index contributed by atoms with van der Waals surface area (Å²) < 4.78 is 9.75. The predicted molar refractivity (Wildman–Crippen MR) is 121 cm³/mol. The number of carbonyl (C=O) groups excluding carboxylic acids is 1. The lowest BCUT2D eigenvalue weighted by atomic mass is 10.1. The van der Waals surface area contributed by atoms with Crippen molar-refractivity contribution in [3.63, 3.8) is 0 Å². The van der Waals surface area contributed by atoms with Crippen LogP contribution in [0.25, 0.3) is 15.9 Å². The molecule has 1 N–H and O–H groups in total. The molecule has 3 heterocycles. The first-order valence-electron chi connectivity index (χ1n) is 10.5. The number of anilines is 1. The highest BCUT2D eigenvalue weighted by molar-refractivity contribution is 6.03. The maximum atomic E-state index is 13.1. The van der Waals surface area contributed by atoms with E-state index in [1.54, 1.807) is 22.9 Å². The van der Waals surface area contributed by atoms with Gasteiger partial charge in [0, 0.05) is 6.54 Å². The Morgan fingerprint density at radius 1 is 1.28 bits per heavy atom. The van der Waals surface area contributed by atoms with Crippen LogP contribution in [0.4, 0.5) is 11.6 Å². The zero-order chi connectivity index (χ0) is 22.2. The van der Waals surface area contributed by atoms with Crippen molar-refractivity contribution < 1.29 is 9.53 Å². The molecule has 0 saturated carbocycles. The van der Waals surface area contributed by atoms with Crippen LogP contribution in [0.5, 0.6) is 5.75 Å². The summed E-state index contributed by atoms with van der Waals surface area (Å²) in [6.45, 7) is 12.2. The molecule has 8 nitrogen and oxygen atoms in total. The zero-order valence-corrected chi connectivity index (χ0v) is 17.9. The van der Waals surface area contributed by atoms with E-state index in [0.29, 0.717) is 41.7 Å². The second-order valence-corrected chi connectivity index (χ2v) is 7.82. The molecule has 8 heteroatoms. The Morgan fingerprint density at radius 2 is 2.09 bits per heavy atom. The molecule has 1 amide bonds. The third-order valence-corrected chi connectivity index (χ3v) is 5.63. The Kier molecular flexibility index (Phi) is 4.86. The van der Waals surface area contributed by atoms with Crippen LogP contribution in [0.1, 0.15) is 34.7 Å². The van der Waals surface area contributed by atoms with Gasteiger partial charge in [0.05, 0.1) is 23.8 Å². The van der Waals surface area contributed by atoms with E-state index in [2.05, 4.69) is 27.4 Å². The molecule has 2 aromatic carbocycles. The summed E-state index contributed by atoms with van der Waals surface area (Å²) in [5, 5.41) is 7.36. The van der Waals surface area contributed by atoms with Gasteiger partial charge in [0.15, 0.2) is 5.69 Å². The predicted octanol–water partition coefficient (Wildman–Crippen LogP) is 4.54. The molecular formula is C24H22N6O2. The molecule has 0 aliphatic carbocycles. The number of aryl methyl sites for hydroxylation is 2. The van der Waals surface area contributed by atoms with Crippen LogP contribution >= 0.6 is 0 Å². The number of benzene rings is 2. The molecular weight excluding hydrogens is 404 g/mol. The van der Waals surface area contributed by atoms with E-state index in [1.807, 2.05) is 36.6 Å². The van der Waals surface area contributed by atoms with Gasteiger partial charge >= 0.3 is 0 Å². The van der Waals surface area contributed by atoms with Gasteiger partial charge in [0.2, 0.25) is 5.95 Å². The fourth-order valence-electron chi connectivity index (χ4n) is 4.23. The van der Waals surface area contributed by atoms with Crippen molar-refractivity contribution in [1.29, 1.82) is 0 Å². The lowest BCUT2D eigenvalue weighted by Crippen LogP contribution is -2.27. The first kappa shape index (κ1) is 19.8. The maximum Gasteiger partial charge on any atom is 0.276 e. The average molecular weight is 426 g/mol. The highest BCUT2D eigenvalue weighted by Crippen LogP contribution is 2.40. The number of aromatic nitrogens is 4. The minimum Gasteiger partial charge on any atom is -0.490 e. The van der Waals surface area contributed by atoms with E-state index in [4.69, 9.17) is 16.3 Å². The van der Waals surface area contributed by atoms with Gasteiger partial charge in [0.25, 0.3) is 5.91 Å². The van der Waals surface area contributed by atoms with Crippen molar-refractivity contribution in [2.45, 2.75) is 32.9 Å². The highest BCUT2D eigenvalue weighted by atomic mass is 16.5. The lowest BCUT2D eigenvalue weighted by Gasteiger charge is -2.27. The van der Waals surface area contributed by atoms with Crippen molar-refractivity contribution in [3.05, 3.63) is 76.9 Å². The molecule has 2 aromatic heterocycles. The summed E-state index contributed by atoms with van der Waals surface area (Å²) in [5.74, 6) is 0.787. The van der Waals surface area contributed by atoms with E-state index in [9.17, 15) is 4.79 Å². The summed E-state index contributed by atoms with van der Waals surface area (Å²) in [4.78, 5) is 21.4. The standard InChI is InChI=1S/C24H22N6O2/c1-4-29-20(10-15(2)28-29)23(31)27-24-26-19-12-17(25-3)13-21-22(19)30(24)18(14-32-21)11-16-8-6-5-7-9-16/h5-10,12-13,18H,4,11,14H2,1-2H3,(H,26,27,31)/t18-/m0/s1. The number of hydrogen-bond donors (Lipinski definition) is 1. The molecule has 0 radical (unpaired) electrons. The molecule has 0 fully saturated rings. The summed E-state index contributed by atoms with van der Waals surface area (Å²) in [7, 11) is 0. The Bertz CT molecular complexity index is 1360. The normalized spacial score (nSPS) is 14.7. The highest BCUT2D eigenvalue weighted by Gasteiger charge is 2.29. The van der Waals surface area contributed by atoms with Gasteiger partial charge in [-0.2, -0.15) is 5.10 Å². The van der Waals surface area contributed by atoms with Crippen molar-refractivity contribution in [2.24, 2.45) is 0 Å². The fraction of sp³-hybridized carbons (Fsp3) is 0.250. The topological polar surface area (TPSA) is 78.3 Å². The molecule has 1 atom stereocenters. The molecule has 0 bridgehead atoms. The van der Waals surface area contributed by atoms with E-state index in [-0.39, 0.29) is 11.9 Å². The Hall–Kier alpha value is -4.12. The number of nitrogens with zero attached hydrogens (tertiary/aromatic N) is 5. The van der Waals surface area contributed by atoms with Gasteiger partial charge in [-0.1, -0.05) is 30.3 Å². The third-order valence-electron chi connectivity index (χ3n) is 5.63. The van der Waals surface area contributed by atoms with E-state index in [0.717, 1.165) is 17.6 Å². The smallest absolute Gasteiger partial charge is 0.276 e. The van der Waals surface area contributed by atoms with Crippen LogP contribution in [0, 0.1) is 13.5 Å². The molecule has 0 spiro atoms. The first-order chi connectivity index (χ1) is 15.6. The van der Waals surface area contributed by atoms with Crippen LogP contribution in [-0.4, -0.2) is 31.8 Å². The zero-order valence-electron chi connectivity index (χ0n) is 17.9. The van der Waals surface area contributed by atoms with Crippen LogP contribution in [0.3, 0.4) is 0 Å². The number of hydrogen-bond acceptors (Lipinski definition) is 4. The summed E-state index contributed by atoms with van der Waals surface area (Å²) in [6, 6.07) is 15.3. The fourth-order valence-corrected chi connectivity index (χ4v) is 4.23. The Labute approximate surface area is 185 Å². The first-order valence-corrected chi connectivity index (χ1v) is 10.5. The third kappa shape index (κ3) is 3.38. The van der Waals surface area contributed by atoms with Crippen molar-refractivity contribution in [3.8, 4) is 5.75 Å². The van der Waals surface area contributed by atoms with E-state index >= 15 is 0 Å². The summed E-state index contributed by atoms with van der Waals surface area (Å²) in [5.41, 5.74) is 4.31. The number of nitrogens with one attached hydrogen (secondary N) is 1. The van der Waals surface area contributed by atoms with Crippen LogP contribution < -0.4 is 10.1 Å². The monoisotopic (exact) mass is 426 g/mol. The molecule has 0 saturated heterocycles. The average Bonchev–Trinajstić information content (AvgIpc) is 3.37. The van der Waals surface area contributed by atoms with Crippen molar-refractivity contribution in [1.82, 2.24) is 19.3 Å². The summed E-state index contributed by atoms with van der Waals surface area (Å²) in [6.07, 6.45) is 0.727. The summed E-state index contributed by atoms with van der Waals surface area (Å²) >= 11 is 0. The van der Waals surface area contributed by atoms with Gasteiger partial charge in [-0.15, -0.1) is 0 Å². The van der Waals surface area contributed by atoms with Crippen LogP contribution in [0.2, 0.25) is 0 Å². The molecule has 32 heavy (non-hydrogen) atoms. The van der Waals surface area contributed by atoms with Gasteiger partial charge in [0.1, 0.15) is 23.6 Å².